The summed E-state index contributed by atoms with van der Waals surface area (Å²) in [7, 11) is 4.24. The number of rotatable bonds is 7. The number of hydrogen-bond acceptors (Lipinski definition) is 6. The highest BCUT2D eigenvalue weighted by atomic mass is 16.5. The van der Waals surface area contributed by atoms with E-state index in [2.05, 4.69) is 79.4 Å². The summed E-state index contributed by atoms with van der Waals surface area (Å²) in [6, 6.07) is 10.8. The minimum Gasteiger partial charge on any atom is -0.372 e. The van der Waals surface area contributed by atoms with Crippen molar-refractivity contribution in [3.05, 3.63) is 54.1 Å². The summed E-state index contributed by atoms with van der Waals surface area (Å²) in [4.78, 5) is 19.0. The monoisotopic (exact) mass is 472 g/mol. The van der Waals surface area contributed by atoms with E-state index in [1.54, 1.807) is 0 Å². The molecule has 4 aromatic rings. The van der Waals surface area contributed by atoms with E-state index in [9.17, 15) is 0 Å². The van der Waals surface area contributed by atoms with E-state index in [1.807, 2.05) is 12.4 Å². The Kier molecular flexibility index (Phi) is 6.71. The highest BCUT2D eigenvalue weighted by Gasteiger charge is 2.26. The fourth-order valence-electron chi connectivity index (χ4n) is 5.07. The number of nitrogens with zero attached hydrogens (tertiary/aromatic N) is 6. The lowest BCUT2D eigenvalue weighted by molar-refractivity contribution is -0.00573. The van der Waals surface area contributed by atoms with E-state index in [-0.39, 0.29) is 12.2 Å². The number of anilines is 1. The summed E-state index contributed by atoms with van der Waals surface area (Å²) >= 11 is 0. The first-order valence-electron chi connectivity index (χ1n) is 12.7. The van der Waals surface area contributed by atoms with Crippen molar-refractivity contribution in [1.29, 1.82) is 0 Å². The van der Waals surface area contributed by atoms with Crippen LogP contribution in [-0.4, -0.2) is 70.2 Å². The molecule has 1 saturated heterocycles. The van der Waals surface area contributed by atoms with Gasteiger partial charge in [-0.25, -0.2) is 4.98 Å². The van der Waals surface area contributed by atoms with Gasteiger partial charge >= 0.3 is 0 Å². The van der Waals surface area contributed by atoms with Gasteiger partial charge < -0.3 is 14.5 Å². The van der Waals surface area contributed by atoms with E-state index in [1.165, 1.54) is 6.42 Å². The lowest BCUT2D eigenvalue weighted by atomic mass is 10.1. The molecule has 0 amide bonds. The zero-order chi connectivity index (χ0) is 24.5. The third-order valence-corrected chi connectivity index (χ3v) is 6.77. The fraction of sp³-hybridized carbons (Fsp3) is 0.464. The number of hydrogen-bond donors (Lipinski definition) is 0. The van der Waals surface area contributed by atoms with Crippen molar-refractivity contribution in [2.75, 3.05) is 38.6 Å². The standard InChI is InChI=1S/C28H36N6O/c1-19-17-33(18-20(2)35-19)28-31-21(3)27-16-30-25-12-10-22(14-26(25)34(27)28)23-9-11-24(29-15-23)8-6-7-13-32(4)5/h9-12,14-16,19-20H,6-8,13,17-18H2,1-5H3/t19-,20+. The third-order valence-electron chi connectivity index (χ3n) is 6.77. The maximum atomic E-state index is 5.97. The molecule has 0 spiro atoms. The topological polar surface area (TPSA) is 58.8 Å². The first-order chi connectivity index (χ1) is 16.9. The molecule has 0 bridgehead atoms. The van der Waals surface area contributed by atoms with Gasteiger partial charge in [0.05, 0.1) is 40.6 Å². The van der Waals surface area contributed by atoms with Crippen LogP contribution in [0.5, 0.6) is 0 Å². The molecule has 0 radical (unpaired) electrons. The first kappa shape index (κ1) is 23.7. The lowest BCUT2D eigenvalue weighted by Crippen LogP contribution is -2.46. The van der Waals surface area contributed by atoms with E-state index in [4.69, 9.17) is 19.7 Å². The van der Waals surface area contributed by atoms with Crippen LogP contribution in [0.15, 0.2) is 42.7 Å². The molecule has 5 rings (SSSR count). The number of pyridine rings is 1. The second-order valence-electron chi connectivity index (χ2n) is 10.1. The zero-order valence-electron chi connectivity index (χ0n) is 21.5. The summed E-state index contributed by atoms with van der Waals surface area (Å²) in [6.07, 6.45) is 7.65. The molecular weight excluding hydrogens is 436 g/mol. The van der Waals surface area contributed by atoms with Gasteiger partial charge in [-0.1, -0.05) is 12.1 Å². The highest BCUT2D eigenvalue weighted by Crippen LogP contribution is 2.30. The second kappa shape index (κ2) is 9.91. The summed E-state index contributed by atoms with van der Waals surface area (Å²) in [5, 5.41) is 0. The molecule has 1 aliphatic heterocycles. The Bertz CT molecular complexity index is 1300. The van der Waals surface area contributed by atoms with Gasteiger partial charge in [0, 0.05) is 30.5 Å². The van der Waals surface area contributed by atoms with Crippen molar-refractivity contribution in [2.45, 2.75) is 52.2 Å². The molecule has 1 aromatic carbocycles. The van der Waals surface area contributed by atoms with E-state index in [0.717, 1.165) is 77.5 Å². The quantitative estimate of drug-likeness (QED) is 0.362. The van der Waals surface area contributed by atoms with Gasteiger partial charge in [-0.15, -0.1) is 0 Å². The van der Waals surface area contributed by atoms with Crippen LogP contribution in [0.2, 0.25) is 0 Å². The molecule has 7 heteroatoms. The number of imidazole rings is 1. The fourth-order valence-corrected chi connectivity index (χ4v) is 5.07. The predicted octanol–water partition coefficient (Wildman–Crippen LogP) is 4.75. The van der Waals surface area contributed by atoms with Crippen LogP contribution in [0.3, 0.4) is 0 Å². The molecule has 3 aromatic heterocycles. The van der Waals surface area contributed by atoms with Gasteiger partial charge in [0.2, 0.25) is 5.95 Å². The number of unbranched alkanes of at least 4 members (excludes halogenated alkanes) is 1. The summed E-state index contributed by atoms with van der Waals surface area (Å²) in [6.45, 7) is 9.09. The Morgan fingerprint density at radius 1 is 0.943 bits per heavy atom. The number of benzene rings is 1. The Labute approximate surface area is 207 Å². The van der Waals surface area contributed by atoms with Gasteiger partial charge in [-0.2, -0.15) is 0 Å². The Morgan fingerprint density at radius 3 is 2.43 bits per heavy atom. The molecule has 1 fully saturated rings. The van der Waals surface area contributed by atoms with Crippen LogP contribution < -0.4 is 4.90 Å². The van der Waals surface area contributed by atoms with E-state index >= 15 is 0 Å². The summed E-state index contributed by atoms with van der Waals surface area (Å²) < 4.78 is 8.23. The van der Waals surface area contributed by atoms with Gasteiger partial charge in [-0.05, 0) is 84.4 Å². The van der Waals surface area contributed by atoms with Gasteiger partial charge in [0.25, 0.3) is 0 Å². The number of aryl methyl sites for hydroxylation is 2. The smallest absolute Gasteiger partial charge is 0.211 e. The van der Waals surface area contributed by atoms with Crippen LogP contribution in [-0.2, 0) is 11.2 Å². The SMILES string of the molecule is Cc1nc(N2C[C@@H](C)O[C@@H](C)C2)n2c1cnc1ccc(-c3ccc(CCCCN(C)C)nc3)cc12. The van der Waals surface area contributed by atoms with Crippen molar-refractivity contribution in [2.24, 2.45) is 0 Å². The molecule has 2 atom stereocenters. The average Bonchev–Trinajstić information content (AvgIpc) is 3.18. The number of aromatic nitrogens is 4. The predicted molar refractivity (Wildman–Crippen MR) is 142 cm³/mol. The Hall–Kier alpha value is -3.03. The van der Waals surface area contributed by atoms with E-state index < -0.39 is 0 Å². The number of fused-ring (bicyclic) bond motifs is 3. The maximum Gasteiger partial charge on any atom is 0.211 e. The van der Waals surface area contributed by atoms with Gasteiger partial charge in [0.1, 0.15) is 0 Å². The van der Waals surface area contributed by atoms with Gasteiger partial charge in [-0.3, -0.25) is 14.4 Å². The zero-order valence-corrected chi connectivity index (χ0v) is 21.5. The van der Waals surface area contributed by atoms with Crippen LogP contribution in [0, 0.1) is 6.92 Å². The first-order valence-corrected chi connectivity index (χ1v) is 12.7. The van der Waals surface area contributed by atoms with Crippen molar-refractivity contribution in [1.82, 2.24) is 24.3 Å². The number of morpholine rings is 1. The molecule has 4 heterocycles. The third kappa shape index (κ3) is 5.02. The molecule has 0 aliphatic carbocycles. The molecule has 0 unspecified atom stereocenters. The normalized spacial score (nSPS) is 18.7. The Balaban J connectivity index is 1.48. The molecule has 184 valence electrons. The average molecular weight is 473 g/mol. The van der Waals surface area contributed by atoms with E-state index in [0.29, 0.717) is 0 Å². The maximum absolute atomic E-state index is 5.97. The van der Waals surface area contributed by atoms with Crippen LogP contribution in [0.4, 0.5) is 5.95 Å². The minimum absolute atomic E-state index is 0.169. The molecular formula is C28H36N6O. The largest absolute Gasteiger partial charge is 0.372 e. The lowest BCUT2D eigenvalue weighted by Gasteiger charge is -2.35. The second-order valence-corrected chi connectivity index (χ2v) is 10.1. The van der Waals surface area contributed by atoms with Crippen molar-refractivity contribution in [3.63, 3.8) is 0 Å². The van der Waals surface area contributed by atoms with Gasteiger partial charge in [0.15, 0.2) is 0 Å². The van der Waals surface area contributed by atoms with Crippen LogP contribution in [0.25, 0.3) is 27.7 Å². The summed E-state index contributed by atoms with van der Waals surface area (Å²) in [5.41, 5.74) is 7.47. The number of ether oxygens (including phenoxy) is 1. The van der Waals surface area contributed by atoms with Crippen molar-refractivity contribution in [3.8, 4) is 11.1 Å². The summed E-state index contributed by atoms with van der Waals surface area (Å²) in [5.74, 6) is 0.968. The molecule has 35 heavy (non-hydrogen) atoms. The molecule has 1 aliphatic rings. The molecule has 7 nitrogen and oxygen atoms in total. The molecule has 0 saturated carbocycles. The van der Waals surface area contributed by atoms with Crippen LogP contribution in [0.1, 0.15) is 38.1 Å². The van der Waals surface area contributed by atoms with Crippen LogP contribution >= 0.6 is 0 Å². The van der Waals surface area contributed by atoms with Crippen molar-refractivity contribution >= 4 is 22.5 Å². The minimum atomic E-state index is 0.169. The Morgan fingerprint density at radius 2 is 1.71 bits per heavy atom. The van der Waals surface area contributed by atoms with Crippen molar-refractivity contribution < 1.29 is 4.74 Å². The molecule has 0 N–H and O–H groups in total. The highest BCUT2D eigenvalue weighted by molar-refractivity contribution is 5.85.